The van der Waals surface area contributed by atoms with Gasteiger partial charge in [-0.3, -0.25) is 4.79 Å². The predicted molar refractivity (Wildman–Crippen MR) is 112 cm³/mol. The van der Waals surface area contributed by atoms with Crippen LogP contribution in [0.4, 0.5) is 4.79 Å². The van der Waals surface area contributed by atoms with E-state index in [0.29, 0.717) is 0 Å². The molecule has 0 saturated carbocycles. The Labute approximate surface area is 174 Å². The number of amides is 2. The third-order valence-electron chi connectivity index (χ3n) is 4.63. The molecule has 0 spiro atoms. The third-order valence-corrected chi connectivity index (χ3v) is 4.63. The van der Waals surface area contributed by atoms with Gasteiger partial charge >= 0.3 is 12.1 Å². The molecular formula is C23H22N2O5. The summed E-state index contributed by atoms with van der Waals surface area (Å²) in [6.45, 7) is 0.463. The molecule has 2 aromatic rings. The van der Waals surface area contributed by atoms with Crippen LogP contribution in [0.5, 0.6) is 0 Å². The van der Waals surface area contributed by atoms with Crippen molar-refractivity contribution in [3.05, 3.63) is 84.0 Å². The predicted octanol–water partition coefficient (Wildman–Crippen LogP) is 2.84. The van der Waals surface area contributed by atoms with Gasteiger partial charge in [0, 0.05) is 31.2 Å². The van der Waals surface area contributed by atoms with Gasteiger partial charge in [0.2, 0.25) is 5.91 Å². The molecule has 3 rings (SSSR count). The molecule has 30 heavy (non-hydrogen) atoms. The number of carbonyl (C=O) groups is 3. The number of hydrogen-bond acceptors (Lipinski definition) is 4. The van der Waals surface area contributed by atoms with E-state index >= 15 is 0 Å². The van der Waals surface area contributed by atoms with E-state index in [0.717, 1.165) is 28.3 Å². The van der Waals surface area contributed by atoms with Gasteiger partial charge in [0.05, 0.1) is 0 Å². The highest BCUT2D eigenvalue weighted by atomic mass is 16.5. The zero-order chi connectivity index (χ0) is 21.3. The smallest absolute Gasteiger partial charge is 0.407 e. The Morgan fingerprint density at radius 1 is 0.867 bits per heavy atom. The van der Waals surface area contributed by atoms with Crippen LogP contribution in [0.2, 0.25) is 0 Å². The maximum absolute atomic E-state index is 12.0. The van der Waals surface area contributed by atoms with Crippen molar-refractivity contribution in [3.63, 3.8) is 0 Å². The highest BCUT2D eigenvalue weighted by Gasteiger charge is 2.28. The molecule has 3 N–H and O–H groups in total. The van der Waals surface area contributed by atoms with Crippen molar-refractivity contribution >= 4 is 18.0 Å². The molecule has 7 nitrogen and oxygen atoms in total. The monoisotopic (exact) mass is 406 g/mol. The fourth-order valence-electron chi connectivity index (χ4n) is 3.34. The summed E-state index contributed by atoms with van der Waals surface area (Å²) < 4.78 is 5.40. The van der Waals surface area contributed by atoms with Gasteiger partial charge in [-0.2, -0.15) is 0 Å². The van der Waals surface area contributed by atoms with Crippen LogP contribution in [0.15, 0.2) is 72.8 Å². The van der Waals surface area contributed by atoms with Crippen molar-refractivity contribution in [2.45, 2.75) is 5.92 Å². The maximum atomic E-state index is 12.0. The van der Waals surface area contributed by atoms with Crippen LogP contribution in [0.25, 0.3) is 11.1 Å². The number of carboxylic acid groups (broad SMARTS) is 1. The Morgan fingerprint density at radius 2 is 1.43 bits per heavy atom. The van der Waals surface area contributed by atoms with Crippen LogP contribution in [-0.4, -0.2) is 42.8 Å². The van der Waals surface area contributed by atoms with Gasteiger partial charge in [0.1, 0.15) is 6.61 Å². The molecule has 7 heteroatoms. The minimum Gasteiger partial charge on any atom is -0.478 e. The van der Waals surface area contributed by atoms with Gasteiger partial charge in [0.25, 0.3) is 0 Å². The Morgan fingerprint density at radius 3 is 2.07 bits per heavy atom. The summed E-state index contributed by atoms with van der Waals surface area (Å²) in [4.78, 5) is 33.9. The van der Waals surface area contributed by atoms with E-state index in [4.69, 9.17) is 9.84 Å². The number of carbonyl (C=O) groups excluding carboxylic acids is 2. The summed E-state index contributed by atoms with van der Waals surface area (Å²) in [5.74, 6) is -1.48. The number of hydrogen-bond donors (Lipinski definition) is 3. The lowest BCUT2D eigenvalue weighted by Gasteiger charge is -2.14. The molecule has 0 radical (unpaired) electrons. The molecule has 2 aromatic carbocycles. The average molecular weight is 406 g/mol. The lowest BCUT2D eigenvalue weighted by atomic mass is 9.98. The van der Waals surface area contributed by atoms with Crippen LogP contribution in [-0.2, 0) is 14.3 Å². The van der Waals surface area contributed by atoms with Gasteiger partial charge in [-0.1, -0.05) is 60.7 Å². The fraction of sp³-hybridized carbons (Fsp3) is 0.174. The van der Waals surface area contributed by atoms with Gasteiger partial charge in [0.15, 0.2) is 0 Å². The SMILES string of the molecule is O=C(O)/C=C/CNC(=O)/C=C/CNC(=O)OCC1c2ccccc2-c2ccccc21. The van der Waals surface area contributed by atoms with E-state index in [9.17, 15) is 14.4 Å². The number of aliphatic carboxylic acids is 1. The molecule has 154 valence electrons. The molecule has 0 saturated heterocycles. The van der Waals surface area contributed by atoms with E-state index in [-0.39, 0.29) is 31.5 Å². The zero-order valence-electron chi connectivity index (χ0n) is 16.2. The number of fused-ring (bicyclic) bond motifs is 3. The van der Waals surface area contributed by atoms with E-state index in [1.54, 1.807) is 0 Å². The van der Waals surface area contributed by atoms with Gasteiger partial charge in [-0.15, -0.1) is 0 Å². The molecule has 0 heterocycles. The third kappa shape index (κ3) is 5.35. The lowest BCUT2D eigenvalue weighted by Crippen LogP contribution is -2.26. The first-order chi connectivity index (χ1) is 14.6. The topological polar surface area (TPSA) is 105 Å². The molecular weight excluding hydrogens is 384 g/mol. The number of nitrogens with one attached hydrogen (secondary N) is 2. The highest BCUT2D eigenvalue weighted by Crippen LogP contribution is 2.44. The van der Waals surface area contributed by atoms with Crippen LogP contribution < -0.4 is 10.6 Å². The Hall–Kier alpha value is -3.87. The first-order valence-corrected chi connectivity index (χ1v) is 9.49. The molecule has 0 fully saturated rings. The summed E-state index contributed by atoms with van der Waals surface area (Å²) in [7, 11) is 0. The van der Waals surface area contributed by atoms with E-state index in [1.165, 1.54) is 18.2 Å². The second-order valence-corrected chi connectivity index (χ2v) is 6.59. The quantitative estimate of drug-likeness (QED) is 0.585. The first kappa shape index (κ1) is 20.9. The van der Waals surface area contributed by atoms with Crippen molar-refractivity contribution in [1.29, 1.82) is 0 Å². The molecule has 0 aliphatic heterocycles. The van der Waals surface area contributed by atoms with Gasteiger partial charge in [-0.25, -0.2) is 9.59 Å². The van der Waals surface area contributed by atoms with Crippen molar-refractivity contribution in [3.8, 4) is 11.1 Å². The van der Waals surface area contributed by atoms with Crippen molar-refractivity contribution in [1.82, 2.24) is 10.6 Å². The standard InChI is InChI=1S/C23H22N2O5/c26-21(24-13-6-12-22(27)28)11-5-14-25-23(29)30-15-20-18-9-3-1-7-16(18)17-8-2-4-10-19(17)20/h1-12,20H,13-15H2,(H,24,26)(H,25,29)(H,27,28)/b11-5+,12-6+. The van der Waals surface area contributed by atoms with Gasteiger partial charge < -0.3 is 20.5 Å². The molecule has 0 atom stereocenters. The Bertz CT molecular complexity index is 951. The van der Waals surface area contributed by atoms with Gasteiger partial charge in [-0.05, 0) is 22.3 Å². The molecule has 1 aliphatic carbocycles. The summed E-state index contributed by atoms with van der Waals surface area (Å²) >= 11 is 0. The van der Waals surface area contributed by atoms with Crippen LogP contribution >= 0.6 is 0 Å². The van der Waals surface area contributed by atoms with Crippen LogP contribution in [0.3, 0.4) is 0 Å². The minimum atomic E-state index is -1.08. The average Bonchev–Trinajstić information content (AvgIpc) is 3.06. The second-order valence-electron chi connectivity index (χ2n) is 6.59. The normalized spacial score (nSPS) is 12.5. The first-order valence-electron chi connectivity index (χ1n) is 9.49. The summed E-state index contributed by atoms with van der Waals surface area (Å²) in [6.07, 6.45) is 4.45. The minimum absolute atomic E-state index is 0.0108. The van der Waals surface area contributed by atoms with Crippen LogP contribution in [0, 0.1) is 0 Å². The number of alkyl carbamates (subject to hydrolysis) is 1. The summed E-state index contributed by atoms with van der Waals surface area (Å²) in [6, 6.07) is 16.2. The second kappa shape index (κ2) is 10.1. The Balaban J connectivity index is 1.44. The number of ether oxygens (including phenoxy) is 1. The highest BCUT2D eigenvalue weighted by molar-refractivity contribution is 5.87. The van der Waals surface area contributed by atoms with E-state index in [1.807, 2.05) is 36.4 Å². The molecule has 2 amide bonds. The lowest BCUT2D eigenvalue weighted by molar-refractivity contribution is -0.131. The van der Waals surface area contributed by atoms with E-state index < -0.39 is 12.1 Å². The van der Waals surface area contributed by atoms with E-state index in [2.05, 4.69) is 22.8 Å². The summed E-state index contributed by atoms with van der Waals surface area (Å²) in [5.41, 5.74) is 4.60. The zero-order valence-corrected chi connectivity index (χ0v) is 16.2. The molecule has 0 bridgehead atoms. The Kier molecular flexibility index (Phi) is 7.00. The number of carboxylic acids is 1. The fourth-order valence-corrected chi connectivity index (χ4v) is 3.34. The van der Waals surface area contributed by atoms with Crippen molar-refractivity contribution < 1.29 is 24.2 Å². The largest absolute Gasteiger partial charge is 0.478 e. The van der Waals surface area contributed by atoms with Crippen LogP contribution in [0.1, 0.15) is 17.0 Å². The summed E-state index contributed by atoms with van der Waals surface area (Å²) in [5, 5.41) is 13.5. The van der Waals surface area contributed by atoms with Crippen molar-refractivity contribution in [2.75, 3.05) is 19.7 Å². The molecule has 0 unspecified atom stereocenters. The molecule has 1 aliphatic rings. The maximum Gasteiger partial charge on any atom is 0.407 e. The molecule has 0 aromatic heterocycles. The number of benzene rings is 2. The van der Waals surface area contributed by atoms with Crippen molar-refractivity contribution in [2.24, 2.45) is 0 Å². The number of rotatable bonds is 8.